The van der Waals surface area contributed by atoms with Crippen LogP contribution in [0.25, 0.3) is 0 Å². The second-order valence-electron chi connectivity index (χ2n) is 9.38. The minimum Gasteiger partial charge on any atom is -0.354 e. The third kappa shape index (κ3) is 8.07. The molecule has 0 aromatic heterocycles. The Bertz CT molecular complexity index is 1330. The Kier molecular flexibility index (Phi) is 10.9. The Hall–Kier alpha value is -3.36. The van der Waals surface area contributed by atoms with Gasteiger partial charge in [0.25, 0.3) is 10.0 Å². The summed E-state index contributed by atoms with van der Waals surface area (Å²) in [4.78, 5) is 28.7. The molecule has 1 N–H and O–H groups in total. The SMILES string of the molecule is CCCCNC(=O)[C@H](CC)N(Cc1ccc(C)cc1)C(=O)CN(c1ccc(Cl)cc1)S(=O)(=O)c1ccccc1. The van der Waals surface area contributed by atoms with Crippen LogP contribution in [0.4, 0.5) is 5.69 Å². The average molecular weight is 570 g/mol. The number of carbonyl (C=O) groups excluding carboxylic acids is 2. The van der Waals surface area contributed by atoms with E-state index in [4.69, 9.17) is 11.6 Å². The highest BCUT2D eigenvalue weighted by atomic mass is 35.5. The maximum atomic E-state index is 14.0. The Morgan fingerprint density at radius 3 is 2.15 bits per heavy atom. The number of anilines is 1. The summed E-state index contributed by atoms with van der Waals surface area (Å²) in [5.41, 5.74) is 2.22. The number of nitrogens with zero attached hydrogens (tertiary/aromatic N) is 2. The second-order valence-corrected chi connectivity index (χ2v) is 11.7. The highest BCUT2D eigenvalue weighted by molar-refractivity contribution is 7.92. The molecule has 0 aliphatic heterocycles. The van der Waals surface area contributed by atoms with Gasteiger partial charge in [-0.15, -0.1) is 0 Å². The Labute approximate surface area is 236 Å². The molecule has 0 bridgehead atoms. The summed E-state index contributed by atoms with van der Waals surface area (Å²) in [5, 5.41) is 3.38. The summed E-state index contributed by atoms with van der Waals surface area (Å²) < 4.78 is 28.6. The van der Waals surface area contributed by atoms with Crippen molar-refractivity contribution in [3.8, 4) is 0 Å². The normalized spacial score (nSPS) is 12.0. The molecule has 7 nitrogen and oxygen atoms in total. The van der Waals surface area contributed by atoms with Gasteiger partial charge in [-0.1, -0.05) is 79.9 Å². The van der Waals surface area contributed by atoms with Gasteiger partial charge in [-0.3, -0.25) is 13.9 Å². The fraction of sp³-hybridized carbons (Fsp3) is 0.333. The molecule has 3 aromatic rings. The predicted molar refractivity (Wildman–Crippen MR) is 156 cm³/mol. The molecule has 1 atom stereocenters. The number of hydrogen-bond donors (Lipinski definition) is 1. The van der Waals surface area contributed by atoms with E-state index in [1.807, 2.05) is 45.0 Å². The lowest BCUT2D eigenvalue weighted by Crippen LogP contribution is -2.52. The number of benzene rings is 3. The molecular formula is C30H36ClN3O4S. The summed E-state index contributed by atoms with van der Waals surface area (Å²) in [6.45, 7) is 6.05. The van der Waals surface area contributed by atoms with Crippen molar-refractivity contribution in [2.24, 2.45) is 0 Å². The van der Waals surface area contributed by atoms with E-state index in [0.717, 1.165) is 28.3 Å². The van der Waals surface area contributed by atoms with Gasteiger partial charge in [-0.05, 0) is 61.7 Å². The van der Waals surface area contributed by atoms with Gasteiger partial charge in [0.15, 0.2) is 0 Å². The largest absolute Gasteiger partial charge is 0.354 e. The Balaban J connectivity index is 2.01. The van der Waals surface area contributed by atoms with Crippen molar-refractivity contribution in [3.05, 3.63) is 95.0 Å². The number of hydrogen-bond acceptors (Lipinski definition) is 4. The molecular weight excluding hydrogens is 534 g/mol. The van der Waals surface area contributed by atoms with E-state index in [9.17, 15) is 18.0 Å². The molecule has 0 fully saturated rings. The lowest BCUT2D eigenvalue weighted by Gasteiger charge is -2.33. The molecule has 3 aromatic carbocycles. The third-order valence-electron chi connectivity index (χ3n) is 6.41. The van der Waals surface area contributed by atoms with Crippen molar-refractivity contribution in [1.29, 1.82) is 0 Å². The fourth-order valence-electron chi connectivity index (χ4n) is 4.17. The highest BCUT2D eigenvalue weighted by Gasteiger charge is 2.33. The number of rotatable bonds is 13. The topological polar surface area (TPSA) is 86.8 Å². The number of aryl methyl sites for hydroxylation is 1. The molecule has 0 saturated carbocycles. The molecule has 208 valence electrons. The Morgan fingerprint density at radius 2 is 1.56 bits per heavy atom. The molecule has 0 spiro atoms. The monoisotopic (exact) mass is 569 g/mol. The van der Waals surface area contributed by atoms with Crippen molar-refractivity contribution in [2.45, 2.75) is 57.5 Å². The highest BCUT2D eigenvalue weighted by Crippen LogP contribution is 2.26. The van der Waals surface area contributed by atoms with E-state index < -0.39 is 28.5 Å². The maximum absolute atomic E-state index is 14.0. The predicted octanol–water partition coefficient (Wildman–Crippen LogP) is 5.57. The second kappa shape index (κ2) is 14.1. The van der Waals surface area contributed by atoms with E-state index in [0.29, 0.717) is 23.7 Å². The van der Waals surface area contributed by atoms with Crippen LogP contribution in [0.2, 0.25) is 5.02 Å². The Morgan fingerprint density at radius 1 is 0.923 bits per heavy atom. The van der Waals surface area contributed by atoms with Crippen LogP contribution in [0.3, 0.4) is 0 Å². The van der Waals surface area contributed by atoms with E-state index in [-0.39, 0.29) is 17.3 Å². The number of nitrogens with one attached hydrogen (secondary N) is 1. The van der Waals surface area contributed by atoms with Crippen LogP contribution in [-0.2, 0) is 26.2 Å². The smallest absolute Gasteiger partial charge is 0.264 e. The van der Waals surface area contributed by atoms with Crippen molar-refractivity contribution >= 4 is 39.1 Å². The van der Waals surface area contributed by atoms with E-state index in [2.05, 4.69) is 5.32 Å². The average Bonchev–Trinajstić information content (AvgIpc) is 2.93. The minimum atomic E-state index is -4.10. The van der Waals surface area contributed by atoms with Gasteiger partial charge in [0.2, 0.25) is 11.8 Å². The lowest BCUT2D eigenvalue weighted by molar-refractivity contribution is -0.140. The van der Waals surface area contributed by atoms with E-state index in [1.165, 1.54) is 17.0 Å². The molecule has 2 amide bonds. The van der Waals surface area contributed by atoms with Crippen molar-refractivity contribution < 1.29 is 18.0 Å². The van der Waals surface area contributed by atoms with Gasteiger partial charge in [0, 0.05) is 18.1 Å². The van der Waals surface area contributed by atoms with Crippen molar-refractivity contribution in [1.82, 2.24) is 10.2 Å². The third-order valence-corrected chi connectivity index (χ3v) is 8.45. The van der Waals surface area contributed by atoms with E-state index >= 15 is 0 Å². The van der Waals surface area contributed by atoms with Crippen LogP contribution in [0.5, 0.6) is 0 Å². The number of sulfonamides is 1. The summed E-state index contributed by atoms with van der Waals surface area (Å²) in [6, 6.07) is 21.2. The maximum Gasteiger partial charge on any atom is 0.264 e. The van der Waals surface area contributed by atoms with Crippen LogP contribution < -0.4 is 9.62 Å². The van der Waals surface area contributed by atoms with Gasteiger partial charge in [-0.25, -0.2) is 8.42 Å². The summed E-state index contributed by atoms with van der Waals surface area (Å²) in [7, 11) is -4.10. The lowest BCUT2D eigenvalue weighted by atomic mass is 10.1. The van der Waals surface area contributed by atoms with Crippen LogP contribution in [0.15, 0.2) is 83.8 Å². The number of carbonyl (C=O) groups is 2. The van der Waals surface area contributed by atoms with Crippen LogP contribution in [0.1, 0.15) is 44.2 Å². The first kappa shape index (κ1) is 30.2. The summed E-state index contributed by atoms with van der Waals surface area (Å²) in [5.74, 6) is -0.738. The van der Waals surface area contributed by atoms with E-state index in [1.54, 1.807) is 42.5 Å². The number of halogens is 1. The summed E-state index contributed by atoms with van der Waals surface area (Å²) >= 11 is 6.06. The number of amides is 2. The standard InChI is InChI=1S/C30H36ClN3O4S/c1-4-6-20-32-30(36)28(5-2)33(21-24-14-12-23(3)13-15-24)29(35)22-34(26-18-16-25(31)17-19-26)39(37,38)27-10-8-7-9-11-27/h7-19,28H,4-6,20-22H2,1-3H3,(H,32,36)/t28-/m0/s1. The molecule has 3 rings (SSSR count). The van der Waals surface area contributed by atoms with Crippen molar-refractivity contribution in [3.63, 3.8) is 0 Å². The van der Waals surface area contributed by atoms with Crippen LogP contribution in [-0.4, -0.2) is 44.3 Å². The van der Waals surface area contributed by atoms with Crippen LogP contribution in [0, 0.1) is 6.92 Å². The summed E-state index contributed by atoms with van der Waals surface area (Å²) in [6.07, 6.45) is 2.13. The van der Waals surface area contributed by atoms with Gasteiger partial charge >= 0.3 is 0 Å². The van der Waals surface area contributed by atoms with Gasteiger partial charge in [0.1, 0.15) is 12.6 Å². The molecule has 0 saturated heterocycles. The van der Waals surface area contributed by atoms with Crippen LogP contribution >= 0.6 is 11.6 Å². The zero-order valence-corrected chi connectivity index (χ0v) is 24.2. The number of unbranched alkanes of at least 4 members (excludes halogenated alkanes) is 1. The van der Waals surface area contributed by atoms with Gasteiger partial charge in [0.05, 0.1) is 10.6 Å². The zero-order valence-electron chi connectivity index (χ0n) is 22.6. The van der Waals surface area contributed by atoms with Gasteiger partial charge < -0.3 is 10.2 Å². The zero-order chi connectivity index (χ0) is 28.4. The molecule has 0 aliphatic rings. The first-order chi connectivity index (χ1) is 18.7. The molecule has 0 unspecified atom stereocenters. The molecule has 0 aliphatic carbocycles. The molecule has 39 heavy (non-hydrogen) atoms. The first-order valence-corrected chi connectivity index (χ1v) is 14.9. The quantitative estimate of drug-likeness (QED) is 0.273. The first-order valence-electron chi connectivity index (χ1n) is 13.1. The van der Waals surface area contributed by atoms with Gasteiger partial charge in [-0.2, -0.15) is 0 Å². The minimum absolute atomic E-state index is 0.0576. The fourth-order valence-corrected chi connectivity index (χ4v) is 5.73. The molecule has 0 heterocycles. The molecule has 9 heteroatoms. The van der Waals surface area contributed by atoms with Crippen molar-refractivity contribution in [2.75, 3.05) is 17.4 Å². The molecule has 0 radical (unpaired) electrons.